The summed E-state index contributed by atoms with van der Waals surface area (Å²) in [6.07, 6.45) is 1.81. The van der Waals surface area contributed by atoms with Crippen LogP contribution in [0, 0.1) is 0 Å². The maximum atomic E-state index is 5.41. The Morgan fingerprint density at radius 1 is 1.25 bits per heavy atom. The van der Waals surface area contributed by atoms with Crippen molar-refractivity contribution in [3.8, 4) is 11.5 Å². The summed E-state index contributed by atoms with van der Waals surface area (Å²) in [7, 11) is 7.37. The van der Waals surface area contributed by atoms with Crippen LogP contribution in [0.25, 0.3) is 0 Å². The molecule has 0 bridgehead atoms. The van der Waals surface area contributed by atoms with Crippen LogP contribution in [-0.4, -0.2) is 58.8 Å². The van der Waals surface area contributed by atoms with Crippen molar-refractivity contribution in [3.63, 3.8) is 0 Å². The number of guanidine groups is 1. The predicted octanol–water partition coefficient (Wildman–Crippen LogP) is 2.05. The molecule has 0 aliphatic rings. The van der Waals surface area contributed by atoms with Crippen LogP contribution in [-0.2, 0) is 0 Å². The predicted molar refractivity (Wildman–Crippen MR) is 100 cm³/mol. The standard InChI is InChI=1S/C18H30N4O2/c1-7-11-20-18(19-8-2)21-13-15(22(3)4)14-9-10-16(23-5)17(12-14)24-6/h7,9-10,12,15H,1,8,11,13H2,2-6H3,(H2,19,20,21). The molecule has 1 atom stereocenters. The van der Waals surface area contributed by atoms with Crippen molar-refractivity contribution < 1.29 is 9.47 Å². The summed E-state index contributed by atoms with van der Waals surface area (Å²) in [6.45, 7) is 7.87. The van der Waals surface area contributed by atoms with Gasteiger partial charge in [-0.3, -0.25) is 4.99 Å². The average molecular weight is 334 g/mol. The molecule has 2 N–H and O–H groups in total. The molecule has 0 amide bonds. The fraction of sp³-hybridized carbons (Fsp3) is 0.500. The van der Waals surface area contributed by atoms with Crippen molar-refractivity contribution in [1.29, 1.82) is 0 Å². The number of nitrogens with zero attached hydrogens (tertiary/aromatic N) is 2. The van der Waals surface area contributed by atoms with Gasteiger partial charge in [-0.15, -0.1) is 6.58 Å². The number of hydrogen-bond donors (Lipinski definition) is 2. The molecule has 1 aromatic rings. The van der Waals surface area contributed by atoms with Crippen LogP contribution in [0.5, 0.6) is 11.5 Å². The molecule has 1 unspecified atom stereocenters. The minimum Gasteiger partial charge on any atom is -0.493 e. The molecule has 0 spiro atoms. The van der Waals surface area contributed by atoms with Crippen LogP contribution in [0.4, 0.5) is 0 Å². The molecule has 0 aliphatic carbocycles. The number of aliphatic imine (C=N–C) groups is 1. The SMILES string of the molecule is C=CCNC(=NCC(c1ccc(OC)c(OC)c1)N(C)C)NCC. The molecule has 0 aliphatic heterocycles. The summed E-state index contributed by atoms with van der Waals surface area (Å²) < 4.78 is 10.7. The van der Waals surface area contributed by atoms with Crippen LogP contribution < -0.4 is 20.1 Å². The molecule has 1 aromatic carbocycles. The second kappa shape index (κ2) is 10.5. The molecule has 0 saturated heterocycles. The quantitative estimate of drug-likeness (QED) is 0.411. The summed E-state index contributed by atoms with van der Waals surface area (Å²) in [4.78, 5) is 6.82. The summed E-state index contributed by atoms with van der Waals surface area (Å²) in [5.41, 5.74) is 1.13. The average Bonchev–Trinajstić information content (AvgIpc) is 2.59. The van der Waals surface area contributed by atoms with Gasteiger partial charge in [0.2, 0.25) is 0 Å². The first-order chi connectivity index (χ1) is 11.6. The lowest BCUT2D eigenvalue weighted by Gasteiger charge is -2.24. The number of rotatable bonds is 9. The van der Waals surface area contributed by atoms with E-state index in [2.05, 4.69) is 27.1 Å². The van der Waals surface area contributed by atoms with E-state index in [1.165, 1.54) is 0 Å². The third kappa shape index (κ3) is 5.77. The molecule has 1 rings (SSSR count). The van der Waals surface area contributed by atoms with Crippen LogP contribution in [0.2, 0.25) is 0 Å². The molecule has 0 saturated carbocycles. The van der Waals surface area contributed by atoms with Gasteiger partial charge in [-0.25, -0.2) is 0 Å². The minimum atomic E-state index is 0.129. The highest BCUT2D eigenvalue weighted by Crippen LogP contribution is 2.31. The normalized spacial score (nSPS) is 12.7. The van der Waals surface area contributed by atoms with E-state index in [1.807, 2.05) is 45.3 Å². The second-order valence-electron chi connectivity index (χ2n) is 5.48. The van der Waals surface area contributed by atoms with Crippen LogP contribution in [0.3, 0.4) is 0 Å². The largest absolute Gasteiger partial charge is 0.493 e. The number of benzene rings is 1. The Balaban J connectivity index is 2.99. The van der Waals surface area contributed by atoms with E-state index in [1.54, 1.807) is 14.2 Å². The maximum Gasteiger partial charge on any atom is 0.191 e. The monoisotopic (exact) mass is 334 g/mol. The zero-order valence-corrected chi connectivity index (χ0v) is 15.4. The number of ether oxygens (including phenoxy) is 2. The summed E-state index contributed by atoms with van der Waals surface area (Å²) in [5, 5.41) is 6.45. The zero-order chi connectivity index (χ0) is 17.9. The summed E-state index contributed by atoms with van der Waals surface area (Å²) in [6, 6.07) is 6.11. The Morgan fingerprint density at radius 3 is 2.50 bits per heavy atom. The number of likely N-dealkylation sites (N-methyl/N-ethyl adjacent to an activating group) is 1. The summed E-state index contributed by atoms with van der Waals surface area (Å²) in [5.74, 6) is 2.23. The van der Waals surface area contributed by atoms with Gasteiger partial charge < -0.3 is 25.0 Å². The van der Waals surface area contributed by atoms with Crippen molar-refractivity contribution in [2.45, 2.75) is 13.0 Å². The third-order valence-electron chi connectivity index (χ3n) is 3.60. The fourth-order valence-electron chi connectivity index (χ4n) is 2.32. The van der Waals surface area contributed by atoms with Gasteiger partial charge in [0.1, 0.15) is 0 Å². The van der Waals surface area contributed by atoms with Crippen LogP contribution in [0.1, 0.15) is 18.5 Å². The van der Waals surface area contributed by atoms with Crippen molar-refractivity contribution in [2.24, 2.45) is 4.99 Å². The van der Waals surface area contributed by atoms with E-state index in [0.29, 0.717) is 13.1 Å². The first-order valence-corrected chi connectivity index (χ1v) is 8.08. The Hall–Kier alpha value is -2.21. The van der Waals surface area contributed by atoms with Crippen molar-refractivity contribution in [3.05, 3.63) is 36.4 Å². The van der Waals surface area contributed by atoms with E-state index in [-0.39, 0.29) is 6.04 Å². The smallest absolute Gasteiger partial charge is 0.191 e. The van der Waals surface area contributed by atoms with E-state index in [4.69, 9.17) is 9.47 Å². The molecule has 0 fully saturated rings. The molecule has 0 radical (unpaired) electrons. The molecule has 24 heavy (non-hydrogen) atoms. The molecular formula is C18H30N4O2. The van der Waals surface area contributed by atoms with Gasteiger partial charge in [-0.2, -0.15) is 0 Å². The zero-order valence-electron chi connectivity index (χ0n) is 15.4. The first-order valence-electron chi connectivity index (χ1n) is 8.08. The van der Waals surface area contributed by atoms with E-state index in [0.717, 1.165) is 29.6 Å². The summed E-state index contributed by atoms with van der Waals surface area (Å²) >= 11 is 0. The Morgan fingerprint density at radius 2 is 1.96 bits per heavy atom. The first kappa shape index (κ1) is 19.8. The molecule has 0 heterocycles. The van der Waals surface area contributed by atoms with Crippen LogP contribution >= 0.6 is 0 Å². The molecule has 134 valence electrons. The molecule has 6 nitrogen and oxygen atoms in total. The van der Waals surface area contributed by atoms with Crippen molar-refractivity contribution >= 4 is 5.96 Å². The van der Waals surface area contributed by atoms with Crippen molar-refractivity contribution in [2.75, 3.05) is 47.9 Å². The third-order valence-corrected chi connectivity index (χ3v) is 3.60. The maximum absolute atomic E-state index is 5.41. The topological polar surface area (TPSA) is 58.1 Å². The fourth-order valence-corrected chi connectivity index (χ4v) is 2.32. The lowest BCUT2D eigenvalue weighted by atomic mass is 10.1. The molecule has 0 aromatic heterocycles. The van der Waals surface area contributed by atoms with Gasteiger partial charge in [0.25, 0.3) is 0 Å². The Kier molecular flexibility index (Phi) is 8.71. The number of methoxy groups -OCH3 is 2. The highest BCUT2D eigenvalue weighted by molar-refractivity contribution is 5.79. The molecule has 6 heteroatoms. The van der Waals surface area contributed by atoms with E-state index in [9.17, 15) is 0 Å². The second-order valence-corrected chi connectivity index (χ2v) is 5.48. The van der Waals surface area contributed by atoms with E-state index < -0.39 is 0 Å². The highest BCUT2D eigenvalue weighted by Gasteiger charge is 2.16. The van der Waals surface area contributed by atoms with E-state index >= 15 is 0 Å². The Bertz CT molecular complexity index is 544. The van der Waals surface area contributed by atoms with Crippen LogP contribution in [0.15, 0.2) is 35.8 Å². The van der Waals surface area contributed by atoms with Gasteiger partial charge in [0.15, 0.2) is 17.5 Å². The molecular weight excluding hydrogens is 304 g/mol. The lowest BCUT2D eigenvalue weighted by Crippen LogP contribution is -2.38. The minimum absolute atomic E-state index is 0.129. The number of nitrogens with one attached hydrogen (secondary N) is 2. The van der Waals surface area contributed by atoms with Gasteiger partial charge in [-0.05, 0) is 38.7 Å². The number of hydrogen-bond acceptors (Lipinski definition) is 4. The van der Waals surface area contributed by atoms with Gasteiger partial charge in [-0.1, -0.05) is 12.1 Å². The Labute approximate surface area is 145 Å². The van der Waals surface area contributed by atoms with Gasteiger partial charge in [0, 0.05) is 13.1 Å². The van der Waals surface area contributed by atoms with Gasteiger partial charge in [0.05, 0.1) is 26.8 Å². The van der Waals surface area contributed by atoms with Gasteiger partial charge >= 0.3 is 0 Å². The highest BCUT2D eigenvalue weighted by atomic mass is 16.5. The van der Waals surface area contributed by atoms with Crippen molar-refractivity contribution in [1.82, 2.24) is 15.5 Å². The lowest BCUT2D eigenvalue weighted by molar-refractivity contribution is 0.303.